The number of pyridine rings is 1. The van der Waals surface area contributed by atoms with Gasteiger partial charge in [0.25, 0.3) is 5.91 Å². The first kappa shape index (κ1) is 40.8. The summed E-state index contributed by atoms with van der Waals surface area (Å²) in [4.78, 5) is 46.2. The average molecular weight is 794 g/mol. The zero-order valence-corrected chi connectivity index (χ0v) is 32.1. The summed E-state index contributed by atoms with van der Waals surface area (Å²) in [6, 6.07) is 15.5. The third-order valence-corrected chi connectivity index (χ3v) is 11.4. The highest BCUT2D eigenvalue weighted by Gasteiger charge is 2.28. The van der Waals surface area contributed by atoms with Crippen LogP contribution in [0.25, 0.3) is 22.0 Å². The lowest BCUT2D eigenvalue weighted by atomic mass is 10.1. The monoisotopic (exact) mass is 793 g/mol. The summed E-state index contributed by atoms with van der Waals surface area (Å²) >= 11 is 0. The molecule has 1 atom stereocenters. The topological polar surface area (TPSA) is 220 Å². The molecule has 2 heterocycles. The molecular weight excluding hydrogens is 751 g/mol. The van der Waals surface area contributed by atoms with Gasteiger partial charge in [0.15, 0.2) is 5.95 Å². The zero-order chi connectivity index (χ0) is 39.6. The minimum atomic E-state index is -4.31. The number of rotatable bonds is 19. The Morgan fingerprint density at radius 1 is 0.927 bits per heavy atom. The predicted octanol–water partition coefficient (Wildman–Crippen LogP) is 2.89. The summed E-state index contributed by atoms with van der Waals surface area (Å²) in [7, 11) is -5.27. The van der Waals surface area contributed by atoms with Crippen molar-refractivity contribution in [3.05, 3.63) is 107 Å². The highest BCUT2D eigenvalue weighted by Crippen LogP contribution is 2.23. The van der Waals surface area contributed by atoms with Crippen molar-refractivity contribution >= 4 is 48.8 Å². The quantitative estimate of drug-likeness (QED) is 0.0605. The van der Waals surface area contributed by atoms with Crippen LogP contribution in [-0.4, -0.2) is 82.7 Å². The Hall–Kier alpha value is -5.40. The van der Waals surface area contributed by atoms with E-state index in [0.717, 1.165) is 19.1 Å². The standard InChI is InChI=1S/C37H43N7O9S2/c1-4-19-53-20-5-16-42-54(48,49)28-11-7-26(8-12-28)27-9-13-29(14-10-27)55(50,51)43-32(36(47)52-3)23-40-35(46)31-24-44(2)33-21-25(6-15-30(33)34(31)45)22-41-37-38-17-18-39-37/h6-15,17-18,21,24,32,42-43H,4-5,16,19-20,22-23H2,1-3H3,(H,40,46)(H2,38,39,41). The molecule has 5 N–H and O–H groups in total. The highest BCUT2D eigenvalue weighted by molar-refractivity contribution is 7.89. The molecule has 0 saturated carbocycles. The van der Waals surface area contributed by atoms with Crippen molar-refractivity contribution in [1.29, 1.82) is 0 Å². The van der Waals surface area contributed by atoms with Crippen molar-refractivity contribution in [2.75, 3.05) is 38.7 Å². The van der Waals surface area contributed by atoms with Gasteiger partial charge in [-0.05, 0) is 65.9 Å². The van der Waals surface area contributed by atoms with Gasteiger partial charge in [0.2, 0.25) is 25.5 Å². The van der Waals surface area contributed by atoms with Gasteiger partial charge in [-0.25, -0.2) is 26.5 Å². The maximum atomic E-state index is 13.4. The van der Waals surface area contributed by atoms with E-state index in [2.05, 4.69) is 30.0 Å². The number of methoxy groups -OCH3 is 1. The fourth-order valence-electron chi connectivity index (χ4n) is 5.57. The largest absolute Gasteiger partial charge is 0.468 e. The lowest BCUT2D eigenvalue weighted by Gasteiger charge is -2.18. The van der Waals surface area contributed by atoms with Gasteiger partial charge in [0.1, 0.15) is 11.6 Å². The van der Waals surface area contributed by atoms with E-state index >= 15 is 0 Å². The third kappa shape index (κ3) is 10.4. The van der Waals surface area contributed by atoms with E-state index in [1.165, 1.54) is 42.6 Å². The van der Waals surface area contributed by atoms with E-state index in [9.17, 15) is 31.2 Å². The van der Waals surface area contributed by atoms with Gasteiger partial charge in [-0.3, -0.25) is 14.4 Å². The molecule has 5 rings (SSSR count). The van der Waals surface area contributed by atoms with Gasteiger partial charge in [0.05, 0.1) is 22.4 Å². The second kappa shape index (κ2) is 18.3. The zero-order valence-electron chi connectivity index (χ0n) is 30.5. The van der Waals surface area contributed by atoms with Crippen molar-refractivity contribution in [3.63, 3.8) is 0 Å². The first-order valence-electron chi connectivity index (χ1n) is 17.3. The molecule has 0 aliphatic heterocycles. The molecule has 18 heteroatoms. The van der Waals surface area contributed by atoms with Crippen molar-refractivity contribution in [3.8, 4) is 11.1 Å². The number of benzene rings is 3. The number of nitrogens with zero attached hydrogens (tertiary/aromatic N) is 2. The fraction of sp³-hybridized carbons (Fsp3) is 0.297. The number of anilines is 1. The van der Waals surface area contributed by atoms with E-state index in [0.29, 0.717) is 54.2 Å². The van der Waals surface area contributed by atoms with E-state index in [1.807, 2.05) is 13.0 Å². The van der Waals surface area contributed by atoms with Crippen LogP contribution in [0.3, 0.4) is 0 Å². The molecule has 0 spiro atoms. The normalized spacial score (nSPS) is 12.3. The van der Waals surface area contributed by atoms with E-state index in [4.69, 9.17) is 9.47 Å². The number of esters is 1. The average Bonchev–Trinajstić information content (AvgIpc) is 3.72. The van der Waals surface area contributed by atoms with Gasteiger partial charge < -0.3 is 29.7 Å². The second-order valence-electron chi connectivity index (χ2n) is 12.4. The Labute approximate surface area is 318 Å². The van der Waals surface area contributed by atoms with Gasteiger partial charge >= 0.3 is 5.97 Å². The first-order chi connectivity index (χ1) is 26.3. The summed E-state index contributed by atoms with van der Waals surface area (Å²) in [6.45, 7) is 3.23. The minimum Gasteiger partial charge on any atom is -0.468 e. The summed E-state index contributed by atoms with van der Waals surface area (Å²) in [5.41, 5.74) is 1.97. The number of sulfonamides is 2. The molecule has 0 saturated heterocycles. The fourth-order valence-corrected chi connectivity index (χ4v) is 7.83. The molecule has 0 aliphatic carbocycles. The Morgan fingerprint density at radius 3 is 2.22 bits per heavy atom. The van der Waals surface area contributed by atoms with Crippen LogP contribution in [0.15, 0.2) is 99.9 Å². The van der Waals surface area contributed by atoms with Crippen LogP contribution in [-0.2, 0) is 47.9 Å². The van der Waals surface area contributed by atoms with Crippen molar-refractivity contribution in [2.24, 2.45) is 7.05 Å². The van der Waals surface area contributed by atoms with Crippen LogP contribution in [0.4, 0.5) is 5.95 Å². The maximum Gasteiger partial charge on any atom is 0.325 e. The number of aromatic amines is 1. The van der Waals surface area contributed by atoms with Crippen molar-refractivity contribution < 1.29 is 35.9 Å². The molecule has 5 aromatic rings. The predicted molar refractivity (Wildman–Crippen MR) is 206 cm³/mol. The summed E-state index contributed by atoms with van der Waals surface area (Å²) < 4.78 is 68.7. The Balaban J connectivity index is 1.22. The highest BCUT2D eigenvalue weighted by atomic mass is 32.2. The number of carbonyl (C=O) groups excluding carboxylic acids is 2. The Morgan fingerprint density at radius 2 is 1.60 bits per heavy atom. The van der Waals surface area contributed by atoms with Crippen molar-refractivity contribution in [2.45, 2.75) is 42.1 Å². The van der Waals surface area contributed by atoms with Gasteiger partial charge in [-0.15, -0.1) is 0 Å². The number of hydrogen-bond acceptors (Lipinski definition) is 11. The molecule has 292 valence electrons. The maximum absolute atomic E-state index is 13.4. The smallest absolute Gasteiger partial charge is 0.325 e. The Kier molecular flexibility index (Phi) is 13.6. The first-order valence-corrected chi connectivity index (χ1v) is 20.3. The number of hydrogen-bond donors (Lipinski definition) is 5. The number of fused-ring (bicyclic) bond motifs is 1. The molecule has 2 aromatic heterocycles. The molecular formula is C37H43N7O9S2. The number of imidazole rings is 1. The number of aromatic nitrogens is 3. The molecule has 0 bridgehead atoms. The van der Waals surface area contributed by atoms with Crippen LogP contribution >= 0.6 is 0 Å². The lowest BCUT2D eigenvalue weighted by Crippen LogP contribution is -2.49. The molecule has 1 amide bonds. The molecule has 0 radical (unpaired) electrons. The minimum absolute atomic E-state index is 0.0836. The molecule has 0 fully saturated rings. The Bertz CT molecular complexity index is 2380. The molecule has 1 unspecified atom stereocenters. The van der Waals surface area contributed by atoms with Gasteiger partial charge in [-0.1, -0.05) is 37.3 Å². The van der Waals surface area contributed by atoms with E-state index in [-0.39, 0.29) is 21.9 Å². The number of carbonyl (C=O) groups is 2. The number of nitrogens with one attached hydrogen (secondary N) is 5. The van der Waals surface area contributed by atoms with E-state index in [1.54, 1.807) is 48.3 Å². The summed E-state index contributed by atoms with van der Waals surface area (Å²) in [6.07, 6.45) is 6.11. The second-order valence-corrected chi connectivity index (χ2v) is 15.9. The third-order valence-electron chi connectivity index (χ3n) is 8.48. The molecule has 0 aliphatic rings. The van der Waals surface area contributed by atoms with Crippen molar-refractivity contribution in [1.82, 2.24) is 29.3 Å². The van der Waals surface area contributed by atoms with Crippen LogP contribution in [0.2, 0.25) is 0 Å². The molecule has 3 aromatic carbocycles. The SMILES string of the molecule is CCCOCCCNS(=O)(=O)c1ccc(-c2ccc(S(=O)(=O)NC(CNC(=O)c3cn(C)c4cc(CNc5ncc[nH]5)ccc4c3=O)C(=O)OC)cc2)cc1. The number of amides is 1. The number of H-pyrrole nitrogens is 1. The molecule has 55 heavy (non-hydrogen) atoms. The number of ether oxygens (including phenoxy) is 2. The van der Waals surface area contributed by atoms with Crippen LogP contribution in [0.1, 0.15) is 35.7 Å². The van der Waals surface area contributed by atoms with Gasteiger partial charge in [-0.2, -0.15) is 4.72 Å². The van der Waals surface area contributed by atoms with E-state index < -0.39 is 49.9 Å². The summed E-state index contributed by atoms with van der Waals surface area (Å²) in [5, 5.41) is 5.91. The van der Waals surface area contributed by atoms with Crippen LogP contribution in [0, 0.1) is 0 Å². The summed E-state index contributed by atoms with van der Waals surface area (Å²) in [5.74, 6) is -1.18. The van der Waals surface area contributed by atoms with Crippen LogP contribution in [0.5, 0.6) is 0 Å². The molecule has 16 nitrogen and oxygen atoms in total. The lowest BCUT2D eigenvalue weighted by molar-refractivity contribution is -0.142. The van der Waals surface area contributed by atoms with Gasteiger partial charge in [0, 0.05) is 63.9 Å². The number of aryl methyl sites for hydroxylation is 1. The van der Waals surface area contributed by atoms with Crippen LogP contribution < -0.4 is 25.5 Å².